The van der Waals surface area contributed by atoms with E-state index in [1.54, 1.807) is 7.11 Å². The topological polar surface area (TPSA) is 35.0 Å². The van der Waals surface area contributed by atoms with Gasteiger partial charge >= 0.3 is 0 Å². The molecule has 0 amide bonds. The summed E-state index contributed by atoms with van der Waals surface area (Å²) in [4.78, 5) is 4.07. The average molecular weight is 179 g/mol. The molecule has 0 radical (unpaired) electrons. The van der Waals surface area contributed by atoms with Crippen molar-refractivity contribution in [2.24, 2.45) is 0 Å². The van der Waals surface area contributed by atoms with Crippen LogP contribution in [0.25, 0.3) is 0 Å². The minimum Gasteiger partial charge on any atom is -0.377 e. The van der Waals surface area contributed by atoms with Crippen molar-refractivity contribution in [2.75, 3.05) is 7.11 Å². The van der Waals surface area contributed by atoms with Crippen LogP contribution in [0.1, 0.15) is 10.8 Å². The molecule has 1 aromatic heterocycles. The lowest BCUT2D eigenvalue weighted by atomic mass is 10.6. The maximum absolute atomic E-state index is 5.51. The molecule has 0 unspecified atom stereocenters. The van der Waals surface area contributed by atoms with E-state index in [9.17, 15) is 0 Å². The molecule has 0 spiro atoms. The Hall–Kier alpha value is -0.190. The van der Waals surface area contributed by atoms with Crippen LogP contribution in [0, 0.1) is 0 Å². The standard InChI is InChI=1S/C5H7ClN2OS/c1-9-3-4-7-5(2-6)10-8-4/h2-3H2,1H3. The van der Waals surface area contributed by atoms with Gasteiger partial charge in [-0.2, -0.15) is 4.37 Å². The van der Waals surface area contributed by atoms with Crippen LogP contribution in [-0.2, 0) is 17.2 Å². The molecule has 1 aromatic rings. The van der Waals surface area contributed by atoms with Gasteiger partial charge in [-0.15, -0.1) is 11.6 Å². The molecule has 3 nitrogen and oxygen atoms in total. The molecule has 5 heteroatoms. The molecule has 1 heterocycles. The summed E-state index contributed by atoms with van der Waals surface area (Å²) in [5, 5.41) is 0.841. The van der Waals surface area contributed by atoms with Crippen LogP contribution in [0.4, 0.5) is 0 Å². The highest BCUT2D eigenvalue weighted by atomic mass is 35.5. The van der Waals surface area contributed by atoms with E-state index >= 15 is 0 Å². The number of aromatic nitrogens is 2. The van der Waals surface area contributed by atoms with Crippen molar-refractivity contribution in [1.82, 2.24) is 9.36 Å². The lowest BCUT2D eigenvalue weighted by molar-refractivity contribution is 0.179. The van der Waals surface area contributed by atoms with Gasteiger partial charge in [0.25, 0.3) is 0 Å². The second-order valence-corrected chi connectivity index (χ2v) is 2.77. The smallest absolute Gasteiger partial charge is 0.168 e. The van der Waals surface area contributed by atoms with Crippen molar-refractivity contribution in [3.05, 3.63) is 10.8 Å². The summed E-state index contributed by atoms with van der Waals surface area (Å²) in [5.41, 5.74) is 0. The molecular weight excluding hydrogens is 172 g/mol. The fraction of sp³-hybridized carbons (Fsp3) is 0.600. The molecule has 0 aliphatic rings. The Morgan fingerprint density at radius 3 is 3.00 bits per heavy atom. The second kappa shape index (κ2) is 3.85. The largest absolute Gasteiger partial charge is 0.377 e. The molecular formula is C5H7ClN2OS. The molecule has 0 fully saturated rings. The van der Waals surface area contributed by atoms with Crippen molar-refractivity contribution in [3.8, 4) is 0 Å². The first-order valence-corrected chi connectivity index (χ1v) is 4.04. The Labute approximate surface area is 68.2 Å². The molecule has 0 N–H and O–H groups in total. The van der Waals surface area contributed by atoms with Gasteiger partial charge in [0.1, 0.15) is 11.6 Å². The van der Waals surface area contributed by atoms with Crippen molar-refractivity contribution in [2.45, 2.75) is 12.5 Å². The van der Waals surface area contributed by atoms with Crippen LogP contribution in [0.3, 0.4) is 0 Å². The molecule has 0 atom stereocenters. The number of hydrogen-bond donors (Lipinski definition) is 0. The van der Waals surface area contributed by atoms with E-state index in [1.165, 1.54) is 11.5 Å². The maximum Gasteiger partial charge on any atom is 0.168 e. The fourth-order valence-electron chi connectivity index (χ4n) is 0.532. The zero-order valence-electron chi connectivity index (χ0n) is 5.50. The van der Waals surface area contributed by atoms with E-state index in [2.05, 4.69) is 9.36 Å². The Balaban J connectivity index is 2.59. The van der Waals surface area contributed by atoms with E-state index in [-0.39, 0.29) is 0 Å². The van der Waals surface area contributed by atoms with Crippen molar-refractivity contribution in [3.63, 3.8) is 0 Å². The van der Waals surface area contributed by atoms with Gasteiger partial charge in [0.05, 0.1) is 5.88 Å². The molecule has 56 valence electrons. The van der Waals surface area contributed by atoms with E-state index in [4.69, 9.17) is 16.3 Å². The normalized spacial score (nSPS) is 10.2. The number of hydrogen-bond acceptors (Lipinski definition) is 4. The third-order valence-electron chi connectivity index (χ3n) is 0.898. The van der Waals surface area contributed by atoms with Crippen LogP contribution >= 0.6 is 23.1 Å². The number of halogens is 1. The van der Waals surface area contributed by atoms with Gasteiger partial charge in [-0.3, -0.25) is 0 Å². The second-order valence-electron chi connectivity index (χ2n) is 1.67. The Bertz CT molecular complexity index is 203. The number of rotatable bonds is 3. The summed E-state index contributed by atoms with van der Waals surface area (Å²) in [5.74, 6) is 1.14. The van der Waals surface area contributed by atoms with Crippen molar-refractivity contribution < 1.29 is 4.74 Å². The first-order chi connectivity index (χ1) is 4.86. The van der Waals surface area contributed by atoms with Gasteiger partial charge in [-0.1, -0.05) is 0 Å². The van der Waals surface area contributed by atoms with Gasteiger partial charge in [-0.05, 0) is 11.5 Å². The average Bonchev–Trinajstić information content (AvgIpc) is 2.37. The summed E-state index contributed by atoms with van der Waals surface area (Å²) in [6.07, 6.45) is 0. The van der Waals surface area contributed by atoms with Gasteiger partial charge in [-0.25, -0.2) is 4.98 Å². The minimum atomic E-state index is 0.432. The van der Waals surface area contributed by atoms with Crippen LogP contribution in [-0.4, -0.2) is 16.5 Å². The Morgan fingerprint density at radius 2 is 2.50 bits per heavy atom. The van der Waals surface area contributed by atoms with Crippen LogP contribution in [0.15, 0.2) is 0 Å². The lowest BCUT2D eigenvalue weighted by Gasteiger charge is -1.87. The summed E-state index contributed by atoms with van der Waals surface area (Å²) in [6, 6.07) is 0. The molecule has 10 heavy (non-hydrogen) atoms. The third kappa shape index (κ3) is 1.90. The molecule has 1 rings (SSSR count). The molecule has 0 bridgehead atoms. The molecule has 0 aliphatic heterocycles. The summed E-state index contributed by atoms with van der Waals surface area (Å²) in [7, 11) is 1.61. The molecule has 0 saturated heterocycles. The molecule has 0 aliphatic carbocycles. The first kappa shape index (κ1) is 7.91. The molecule has 0 aromatic carbocycles. The summed E-state index contributed by atoms with van der Waals surface area (Å²) < 4.78 is 8.82. The highest BCUT2D eigenvalue weighted by Gasteiger charge is 2.00. The zero-order chi connectivity index (χ0) is 7.40. The minimum absolute atomic E-state index is 0.432. The van der Waals surface area contributed by atoms with Crippen molar-refractivity contribution in [1.29, 1.82) is 0 Å². The van der Waals surface area contributed by atoms with Gasteiger partial charge in [0.15, 0.2) is 5.82 Å². The summed E-state index contributed by atoms with van der Waals surface area (Å²) in [6.45, 7) is 0.466. The third-order valence-corrected chi connectivity index (χ3v) is 2.06. The van der Waals surface area contributed by atoms with E-state index in [1.807, 2.05) is 0 Å². The number of alkyl halides is 1. The Kier molecular flexibility index (Phi) is 3.05. The predicted octanol–water partition coefficient (Wildman–Crippen LogP) is 1.42. The monoisotopic (exact) mass is 178 g/mol. The molecule has 0 saturated carbocycles. The highest BCUT2D eigenvalue weighted by Crippen LogP contribution is 2.07. The SMILES string of the molecule is COCc1nsc(CCl)n1. The van der Waals surface area contributed by atoms with Crippen LogP contribution in [0.5, 0.6) is 0 Å². The zero-order valence-corrected chi connectivity index (χ0v) is 7.08. The quantitative estimate of drug-likeness (QED) is 0.657. The lowest BCUT2D eigenvalue weighted by Crippen LogP contribution is -1.89. The summed E-state index contributed by atoms with van der Waals surface area (Å²) >= 11 is 6.82. The number of nitrogens with zero attached hydrogens (tertiary/aromatic N) is 2. The van der Waals surface area contributed by atoms with E-state index in [0.29, 0.717) is 18.3 Å². The van der Waals surface area contributed by atoms with Crippen LogP contribution < -0.4 is 0 Å². The van der Waals surface area contributed by atoms with E-state index < -0.39 is 0 Å². The predicted molar refractivity (Wildman–Crippen MR) is 40.2 cm³/mol. The van der Waals surface area contributed by atoms with Crippen LogP contribution in [0.2, 0.25) is 0 Å². The van der Waals surface area contributed by atoms with Gasteiger partial charge in [0, 0.05) is 7.11 Å². The first-order valence-electron chi connectivity index (χ1n) is 2.73. The van der Waals surface area contributed by atoms with Gasteiger partial charge in [0.2, 0.25) is 0 Å². The highest BCUT2D eigenvalue weighted by molar-refractivity contribution is 7.05. The van der Waals surface area contributed by atoms with Gasteiger partial charge < -0.3 is 4.74 Å². The van der Waals surface area contributed by atoms with E-state index in [0.717, 1.165) is 5.01 Å². The van der Waals surface area contributed by atoms with Crippen molar-refractivity contribution >= 4 is 23.1 Å². The fourth-order valence-corrected chi connectivity index (χ4v) is 1.24. The Morgan fingerprint density at radius 1 is 1.70 bits per heavy atom. The maximum atomic E-state index is 5.51. The number of ether oxygens (including phenoxy) is 1. The number of methoxy groups -OCH3 is 1.